The predicted molar refractivity (Wildman–Crippen MR) is 71.0 cm³/mol. The molecule has 0 bridgehead atoms. The van der Waals surface area contributed by atoms with Crippen molar-refractivity contribution in [2.75, 3.05) is 6.61 Å². The van der Waals surface area contributed by atoms with E-state index >= 15 is 0 Å². The summed E-state index contributed by atoms with van der Waals surface area (Å²) in [5, 5.41) is 20.5. The predicted octanol–water partition coefficient (Wildman–Crippen LogP) is 3.08. The van der Waals surface area contributed by atoms with Crippen LogP contribution in [0.15, 0.2) is 18.2 Å². The maximum atomic E-state index is 10.2. The summed E-state index contributed by atoms with van der Waals surface area (Å²) in [5.74, 6) is 0.592. The molecule has 2 N–H and O–H groups in total. The first-order valence-electron chi connectivity index (χ1n) is 6.33. The minimum absolute atomic E-state index is 0.272. The third kappa shape index (κ3) is 3.16. The van der Waals surface area contributed by atoms with Gasteiger partial charge in [-0.3, -0.25) is 0 Å². The maximum Gasteiger partial charge on any atom is 0.125 e. The zero-order chi connectivity index (χ0) is 13.2. The number of hydrogen-bond donors (Lipinski definition) is 2. The molecule has 0 aliphatic heterocycles. The summed E-state index contributed by atoms with van der Waals surface area (Å²) < 4.78 is 5.67. The van der Waals surface area contributed by atoms with Gasteiger partial charge in [0.15, 0.2) is 0 Å². The summed E-state index contributed by atoms with van der Waals surface area (Å²) in [6.07, 6.45) is 3.01. The summed E-state index contributed by atoms with van der Waals surface area (Å²) in [7, 11) is 0. The molecule has 1 aliphatic carbocycles. The van der Waals surface area contributed by atoms with Crippen LogP contribution in [0.5, 0.6) is 5.75 Å². The molecular formula is C14H19ClO3. The summed E-state index contributed by atoms with van der Waals surface area (Å²) in [6.45, 7) is 1.94. The van der Waals surface area contributed by atoms with E-state index in [9.17, 15) is 10.2 Å². The smallest absolute Gasteiger partial charge is 0.125 e. The first kappa shape index (κ1) is 13.7. The fourth-order valence-corrected chi connectivity index (χ4v) is 2.55. The lowest BCUT2D eigenvalue weighted by atomic mass is 10.0. The first-order valence-corrected chi connectivity index (χ1v) is 6.71. The van der Waals surface area contributed by atoms with E-state index in [0.29, 0.717) is 16.3 Å². The van der Waals surface area contributed by atoms with Gasteiger partial charge in [-0.1, -0.05) is 24.4 Å². The summed E-state index contributed by atoms with van der Waals surface area (Å²) in [4.78, 5) is 0. The topological polar surface area (TPSA) is 49.7 Å². The highest BCUT2D eigenvalue weighted by Crippen LogP contribution is 2.33. The second-order valence-electron chi connectivity index (χ2n) is 5.08. The van der Waals surface area contributed by atoms with Crippen LogP contribution in [0.1, 0.15) is 44.3 Å². The molecule has 0 saturated heterocycles. The molecule has 2 rings (SSSR count). The Morgan fingerprint density at radius 1 is 1.39 bits per heavy atom. The number of benzene rings is 1. The van der Waals surface area contributed by atoms with Crippen molar-refractivity contribution < 1.29 is 14.9 Å². The third-order valence-electron chi connectivity index (χ3n) is 3.45. The van der Waals surface area contributed by atoms with Crippen LogP contribution >= 0.6 is 11.6 Å². The molecular weight excluding hydrogens is 252 g/mol. The Labute approximate surface area is 112 Å². The van der Waals surface area contributed by atoms with Gasteiger partial charge in [0.05, 0.1) is 11.7 Å². The van der Waals surface area contributed by atoms with Crippen molar-refractivity contribution in [2.45, 2.75) is 44.3 Å². The Morgan fingerprint density at radius 3 is 2.67 bits per heavy atom. The summed E-state index contributed by atoms with van der Waals surface area (Å²) in [5.41, 5.74) is -0.0561. The van der Waals surface area contributed by atoms with Crippen LogP contribution in [-0.4, -0.2) is 22.4 Å². The number of ether oxygens (including phenoxy) is 1. The Balaban J connectivity index is 2.09. The second-order valence-corrected chi connectivity index (χ2v) is 5.51. The molecule has 0 amide bonds. The van der Waals surface area contributed by atoms with Gasteiger partial charge >= 0.3 is 0 Å². The average molecular weight is 271 g/mol. The lowest BCUT2D eigenvalue weighted by Gasteiger charge is -2.23. The maximum absolute atomic E-state index is 10.2. The molecule has 1 atom stereocenters. The van der Waals surface area contributed by atoms with Crippen molar-refractivity contribution >= 4 is 11.6 Å². The van der Waals surface area contributed by atoms with Crippen LogP contribution in [0.2, 0.25) is 5.02 Å². The quantitative estimate of drug-likeness (QED) is 0.884. The monoisotopic (exact) mass is 270 g/mol. The van der Waals surface area contributed by atoms with Gasteiger partial charge in [0.25, 0.3) is 0 Å². The molecule has 100 valence electrons. The molecule has 18 heavy (non-hydrogen) atoms. The number of aliphatic hydroxyl groups excluding tert-OH is 1. The molecule has 1 aromatic carbocycles. The van der Waals surface area contributed by atoms with E-state index in [2.05, 4.69) is 0 Å². The minimum atomic E-state index is -0.713. The lowest BCUT2D eigenvalue weighted by molar-refractivity contribution is 0.000475. The molecule has 0 spiro atoms. The molecule has 1 fully saturated rings. The Hall–Kier alpha value is -0.770. The van der Waals surface area contributed by atoms with Gasteiger partial charge in [0.2, 0.25) is 0 Å². The zero-order valence-electron chi connectivity index (χ0n) is 10.5. The van der Waals surface area contributed by atoms with Crippen LogP contribution in [0.3, 0.4) is 0 Å². The van der Waals surface area contributed by atoms with Crippen molar-refractivity contribution in [3.8, 4) is 5.75 Å². The van der Waals surface area contributed by atoms with Crippen molar-refractivity contribution in [1.82, 2.24) is 0 Å². The molecule has 0 aromatic heterocycles. The Kier molecular flexibility index (Phi) is 4.15. The molecule has 0 radical (unpaired) electrons. The highest BCUT2D eigenvalue weighted by Gasteiger charge is 2.32. The largest absolute Gasteiger partial charge is 0.490 e. The van der Waals surface area contributed by atoms with Crippen LogP contribution < -0.4 is 4.74 Å². The van der Waals surface area contributed by atoms with E-state index in [4.69, 9.17) is 16.3 Å². The molecule has 1 aliphatic rings. The average Bonchev–Trinajstić information content (AvgIpc) is 2.75. The molecule has 1 unspecified atom stereocenters. The van der Waals surface area contributed by atoms with Crippen LogP contribution in [0.4, 0.5) is 0 Å². The van der Waals surface area contributed by atoms with Crippen molar-refractivity contribution in [3.05, 3.63) is 28.8 Å². The Morgan fingerprint density at radius 2 is 2.06 bits per heavy atom. The van der Waals surface area contributed by atoms with Gasteiger partial charge in [-0.2, -0.15) is 0 Å². The summed E-state index contributed by atoms with van der Waals surface area (Å²) in [6, 6.07) is 5.16. The standard InChI is InChI=1S/C14H19ClO3/c1-10(16)12-8-11(15)4-5-13(12)18-9-14(17)6-2-3-7-14/h4-5,8,10,16-17H,2-3,6-7,9H2,1H3. The van der Waals surface area contributed by atoms with Gasteiger partial charge in [-0.05, 0) is 38.0 Å². The van der Waals surface area contributed by atoms with Crippen molar-refractivity contribution in [3.63, 3.8) is 0 Å². The van der Waals surface area contributed by atoms with E-state index in [1.54, 1.807) is 25.1 Å². The lowest BCUT2D eigenvalue weighted by Crippen LogP contribution is -2.32. The van der Waals surface area contributed by atoms with Crippen LogP contribution in [0, 0.1) is 0 Å². The third-order valence-corrected chi connectivity index (χ3v) is 3.69. The van der Waals surface area contributed by atoms with Crippen molar-refractivity contribution in [1.29, 1.82) is 0 Å². The fraction of sp³-hybridized carbons (Fsp3) is 0.571. The van der Waals surface area contributed by atoms with E-state index in [-0.39, 0.29) is 6.61 Å². The highest BCUT2D eigenvalue weighted by atomic mass is 35.5. The first-order chi connectivity index (χ1) is 8.50. The number of aliphatic hydroxyl groups is 2. The zero-order valence-corrected chi connectivity index (χ0v) is 11.3. The van der Waals surface area contributed by atoms with Gasteiger partial charge < -0.3 is 14.9 Å². The summed E-state index contributed by atoms with van der Waals surface area (Å²) >= 11 is 5.90. The number of halogens is 1. The van der Waals surface area contributed by atoms with Crippen LogP contribution in [0.25, 0.3) is 0 Å². The second kappa shape index (κ2) is 5.47. The van der Waals surface area contributed by atoms with Crippen LogP contribution in [-0.2, 0) is 0 Å². The van der Waals surface area contributed by atoms with Gasteiger partial charge in [0, 0.05) is 10.6 Å². The van der Waals surface area contributed by atoms with Gasteiger partial charge in [-0.25, -0.2) is 0 Å². The van der Waals surface area contributed by atoms with Gasteiger partial charge in [0.1, 0.15) is 12.4 Å². The Bertz CT molecular complexity index is 412. The SMILES string of the molecule is CC(O)c1cc(Cl)ccc1OCC1(O)CCCC1. The number of hydrogen-bond acceptors (Lipinski definition) is 3. The van der Waals surface area contributed by atoms with E-state index in [0.717, 1.165) is 25.7 Å². The van der Waals surface area contributed by atoms with Gasteiger partial charge in [-0.15, -0.1) is 0 Å². The molecule has 1 aromatic rings. The van der Waals surface area contributed by atoms with Crippen molar-refractivity contribution in [2.24, 2.45) is 0 Å². The molecule has 0 heterocycles. The molecule has 4 heteroatoms. The number of rotatable bonds is 4. The minimum Gasteiger partial charge on any atom is -0.490 e. The van der Waals surface area contributed by atoms with E-state index < -0.39 is 11.7 Å². The fourth-order valence-electron chi connectivity index (χ4n) is 2.37. The highest BCUT2D eigenvalue weighted by molar-refractivity contribution is 6.30. The van der Waals surface area contributed by atoms with E-state index in [1.807, 2.05) is 0 Å². The molecule has 1 saturated carbocycles. The molecule has 3 nitrogen and oxygen atoms in total. The van der Waals surface area contributed by atoms with E-state index in [1.165, 1.54) is 0 Å². The normalized spacial score (nSPS) is 19.8.